The highest BCUT2D eigenvalue weighted by Gasteiger charge is 2.19. The number of hydrogen-bond donors (Lipinski definition) is 2. The molecule has 0 spiro atoms. The molecule has 1 rings (SSSR count). The predicted molar refractivity (Wildman–Crippen MR) is 67.4 cm³/mol. The Morgan fingerprint density at radius 1 is 1.50 bits per heavy atom. The third-order valence-electron chi connectivity index (χ3n) is 2.16. The van der Waals surface area contributed by atoms with E-state index >= 15 is 0 Å². The summed E-state index contributed by atoms with van der Waals surface area (Å²) in [6.45, 7) is 4.78. The lowest BCUT2D eigenvalue weighted by molar-refractivity contribution is -0.139. The van der Waals surface area contributed by atoms with E-state index < -0.39 is 12.0 Å². The number of nitrogens with one attached hydrogen (secondary N) is 1. The minimum absolute atomic E-state index is 0.425. The number of hydrogen-bond acceptors (Lipinski definition) is 2. The molecule has 3 nitrogen and oxygen atoms in total. The first-order chi connectivity index (χ1) is 7.50. The minimum Gasteiger partial charge on any atom is -0.480 e. The largest absolute Gasteiger partial charge is 0.480 e. The first kappa shape index (κ1) is 13.2. The molecule has 0 radical (unpaired) electrons. The molecule has 1 aromatic carbocycles. The van der Waals surface area contributed by atoms with E-state index in [-0.39, 0.29) is 0 Å². The van der Waals surface area contributed by atoms with Crippen molar-refractivity contribution < 1.29 is 9.90 Å². The number of carboxylic acids is 1. The van der Waals surface area contributed by atoms with Gasteiger partial charge in [-0.05, 0) is 30.2 Å². The molecule has 16 heavy (non-hydrogen) atoms. The lowest BCUT2D eigenvalue weighted by Gasteiger charge is -2.16. The standard InChI is InChI=1S/C12H16BrNO2/c1-8(2)7-14-11(12(15)16)9-4-3-5-10(13)6-9/h3-6,8,11,14H,7H2,1-2H3,(H,15,16). The van der Waals surface area contributed by atoms with Crippen molar-refractivity contribution in [2.24, 2.45) is 5.92 Å². The molecule has 0 aliphatic carbocycles. The third-order valence-corrected chi connectivity index (χ3v) is 2.65. The summed E-state index contributed by atoms with van der Waals surface area (Å²) < 4.78 is 0.891. The van der Waals surface area contributed by atoms with Crippen LogP contribution in [0.1, 0.15) is 25.5 Å². The number of halogens is 1. The second kappa shape index (κ2) is 6.01. The monoisotopic (exact) mass is 285 g/mol. The highest BCUT2D eigenvalue weighted by Crippen LogP contribution is 2.18. The maximum atomic E-state index is 11.1. The first-order valence-electron chi connectivity index (χ1n) is 5.22. The topological polar surface area (TPSA) is 49.3 Å². The summed E-state index contributed by atoms with van der Waals surface area (Å²) in [5, 5.41) is 12.2. The van der Waals surface area contributed by atoms with Crippen LogP contribution in [0.25, 0.3) is 0 Å². The molecule has 0 fully saturated rings. The van der Waals surface area contributed by atoms with Gasteiger partial charge in [0.2, 0.25) is 0 Å². The molecule has 88 valence electrons. The van der Waals surface area contributed by atoms with E-state index in [1.807, 2.05) is 38.1 Å². The Balaban J connectivity index is 2.81. The van der Waals surface area contributed by atoms with Gasteiger partial charge < -0.3 is 10.4 Å². The summed E-state index contributed by atoms with van der Waals surface area (Å²) >= 11 is 3.34. The first-order valence-corrected chi connectivity index (χ1v) is 6.01. The fourth-order valence-electron chi connectivity index (χ4n) is 1.39. The molecule has 0 heterocycles. The van der Waals surface area contributed by atoms with Gasteiger partial charge in [0.05, 0.1) is 0 Å². The predicted octanol–water partition coefficient (Wildman–Crippen LogP) is 2.82. The van der Waals surface area contributed by atoms with Gasteiger partial charge >= 0.3 is 5.97 Å². The van der Waals surface area contributed by atoms with Crippen LogP contribution in [-0.4, -0.2) is 17.6 Å². The Morgan fingerprint density at radius 3 is 2.69 bits per heavy atom. The van der Waals surface area contributed by atoms with Crippen LogP contribution < -0.4 is 5.32 Å². The molecule has 0 amide bonds. The Bertz CT molecular complexity index is 366. The van der Waals surface area contributed by atoms with E-state index in [9.17, 15) is 4.79 Å². The lowest BCUT2D eigenvalue weighted by Crippen LogP contribution is -2.31. The van der Waals surface area contributed by atoms with E-state index in [0.717, 1.165) is 10.0 Å². The van der Waals surface area contributed by atoms with Gasteiger partial charge in [0.1, 0.15) is 6.04 Å². The van der Waals surface area contributed by atoms with Crippen molar-refractivity contribution in [3.63, 3.8) is 0 Å². The highest BCUT2D eigenvalue weighted by atomic mass is 79.9. The molecule has 0 saturated carbocycles. The molecule has 0 saturated heterocycles. The average Bonchev–Trinajstić information content (AvgIpc) is 2.17. The van der Waals surface area contributed by atoms with Crippen molar-refractivity contribution in [1.82, 2.24) is 5.32 Å². The Morgan fingerprint density at radius 2 is 2.19 bits per heavy atom. The number of aliphatic carboxylic acids is 1. The van der Waals surface area contributed by atoms with Gasteiger partial charge in [-0.3, -0.25) is 4.79 Å². The van der Waals surface area contributed by atoms with Crippen LogP contribution in [-0.2, 0) is 4.79 Å². The summed E-state index contributed by atoms with van der Waals surface area (Å²) in [5.41, 5.74) is 0.766. The van der Waals surface area contributed by atoms with E-state index in [1.165, 1.54) is 0 Å². The highest BCUT2D eigenvalue weighted by molar-refractivity contribution is 9.10. The van der Waals surface area contributed by atoms with Crippen LogP contribution in [0.15, 0.2) is 28.7 Å². The zero-order valence-electron chi connectivity index (χ0n) is 9.40. The van der Waals surface area contributed by atoms with E-state index in [2.05, 4.69) is 21.2 Å². The van der Waals surface area contributed by atoms with Gasteiger partial charge in [-0.15, -0.1) is 0 Å². The SMILES string of the molecule is CC(C)CNC(C(=O)O)c1cccc(Br)c1. The molecule has 1 aromatic rings. The smallest absolute Gasteiger partial charge is 0.325 e. The molecule has 4 heteroatoms. The van der Waals surface area contributed by atoms with Crippen molar-refractivity contribution in [2.45, 2.75) is 19.9 Å². The van der Waals surface area contributed by atoms with Gasteiger partial charge in [0.15, 0.2) is 0 Å². The molecule has 1 unspecified atom stereocenters. The molecule has 1 atom stereocenters. The number of carbonyl (C=O) groups is 1. The summed E-state index contributed by atoms with van der Waals surface area (Å²) in [6.07, 6.45) is 0. The van der Waals surface area contributed by atoms with Crippen molar-refractivity contribution in [3.8, 4) is 0 Å². The van der Waals surface area contributed by atoms with Crippen molar-refractivity contribution in [2.75, 3.05) is 6.54 Å². The molecule has 0 bridgehead atoms. The Kier molecular flexibility index (Phi) is 4.96. The summed E-state index contributed by atoms with van der Waals surface area (Å²) in [5.74, 6) is -0.423. The second-order valence-electron chi connectivity index (χ2n) is 4.13. The van der Waals surface area contributed by atoms with E-state index in [1.54, 1.807) is 0 Å². The zero-order chi connectivity index (χ0) is 12.1. The number of carboxylic acid groups (broad SMARTS) is 1. The van der Waals surface area contributed by atoms with E-state index in [0.29, 0.717) is 12.5 Å². The summed E-state index contributed by atoms with van der Waals surface area (Å²) in [7, 11) is 0. The quantitative estimate of drug-likeness (QED) is 0.875. The minimum atomic E-state index is -0.848. The molecule has 0 aliphatic heterocycles. The normalized spacial score (nSPS) is 12.8. The van der Waals surface area contributed by atoms with Crippen LogP contribution in [0.4, 0.5) is 0 Å². The second-order valence-corrected chi connectivity index (χ2v) is 5.04. The molecular weight excluding hydrogens is 270 g/mol. The fourth-order valence-corrected chi connectivity index (χ4v) is 1.80. The lowest BCUT2D eigenvalue weighted by atomic mass is 10.1. The molecular formula is C12H16BrNO2. The van der Waals surface area contributed by atoms with Crippen LogP contribution in [0.3, 0.4) is 0 Å². The van der Waals surface area contributed by atoms with Gasteiger partial charge in [-0.25, -0.2) is 0 Å². The Hall–Kier alpha value is -0.870. The summed E-state index contributed by atoms with van der Waals surface area (Å²) in [6, 6.07) is 6.72. The van der Waals surface area contributed by atoms with Crippen molar-refractivity contribution >= 4 is 21.9 Å². The van der Waals surface area contributed by atoms with Crippen LogP contribution in [0.5, 0.6) is 0 Å². The number of benzene rings is 1. The van der Waals surface area contributed by atoms with Crippen LogP contribution in [0.2, 0.25) is 0 Å². The van der Waals surface area contributed by atoms with Crippen molar-refractivity contribution in [3.05, 3.63) is 34.3 Å². The van der Waals surface area contributed by atoms with Gasteiger partial charge in [-0.2, -0.15) is 0 Å². The van der Waals surface area contributed by atoms with Gasteiger partial charge in [0.25, 0.3) is 0 Å². The maximum Gasteiger partial charge on any atom is 0.325 e. The van der Waals surface area contributed by atoms with Gasteiger partial charge in [-0.1, -0.05) is 41.9 Å². The Labute approximate surface area is 104 Å². The summed E-state index contributed by atoms with van der Waals surface area (Å²) in [4.78, 5) is 11.1. The van der Waals surface area contributed by atoms with Crippen LogP contribution >= 0.6 is 15.9 Å². The van der Waals surface area contributed by atoms with E-state index in [4.69, 9.17) is 5.11 Å². The zero-order valence-corrected chi connectivity index (χ0v) is 11.0. The fraction of sp³-hybridized carbons (Fsp3) is 0.417. The average molecular weight is 286 g/mol. The maximum absolute atomic E-state index is 11.1. The molecule has 0 aliphatic rings. The third kappa shape index (κ3) is 3.94. The van der Waals surface area contributed by atoms with Crippen LogP contribution in [0, 0.1) is 5.92 Å². The van der Waals surface area contributed by atoms with Gasteiger partial charge in [0, 0.05) is 4.47 Å². The molecule has 0 aromatic heterocycles. The number of rotatable bonds is 5. The van der Waals surface area contributed by atoms with Crippen molar-refractivity contribution in [1.29, 1.82) is 0 Å². The molecule has 2 N–H and O–H groups in total.